The highest BCUT2D eigenvalue weighted by molar-refractivity contribution is 6.00. The molecule has 0 radical (unpaired) electrons. The fourth-order valence-electron chi connectivity index (χ4n) is 3.19. The van der Waals surface area contributed by atoms with Crippen LogP contribution < -0.4 is 11.1 Å². The Morgan fingerprint density at radius 1 is 1.24 bits per heavy atom. The number of halogens is 1. The number of rotatable bonds is 5. The second-order valence-electron chi connectivity index (χ2n) is 5.80. The van der Waals surface area contributed by atoms with Gasteiger partial charge in [-0.05, 0) is 36.4 Å². The number of likely N-dealkylation sites (N-methyl/N-ethyl adjacent to an activating group) is 1. The molecule has 1 unspecified atom stereocenters. The van der Waals surface area contributed by atoms with Crippen LogP contribution in [0.15, 0.2) is 42.5 Å². The predicted molar refractivity (Wildman–Crippen MR) is 101 cm³/mol. The molecule has 1 heterocycles. The summed E-state index contributed by atoms with van der Waals surface area (Å²) in [6, 6.07) is 14.7. The molecule has 3 rings (SSSR count). The van der Waals surface area contributed by atoms with Crippen LogP contribution in [0.1, 0.15) is 40.0 Å². The van der Waals surface area contributed by atoms with E-state index in [0.717, 1.165) is 17.7 Å². The van der Waals surface area contributed by atoms with E-state index in [1.54, 1.807) is 18.2 Å². The molecule has 1 amide bonds. The normalized spacial score (nSPS) is 15.4. The molecule has 2 aromatic carbocycles. The molecule has 1 atom stereocenters. The molecular weight excluding hydrogens is 336 g/mol. The van der Waals surface area contributed by atoms with Crippen LogP contribution in [0.5, 0.6) is 0 Å². The highest BCUT2D eigenvalue weighted by Gasteiger charge is 2.37. The Balaban J connectivity index is 0.00000225. The maximum atomic E-state index is 12.8. The zero-order valence-corrected chi connectivity index (χ0v) is 14.8. The van der Waals surface area contributed by atoms with Gasteiger partial charge >= 0.3 is 0 Å². The third-order valence-corrected chi connectivity index (χ3v) is 4.35. The van der Waals surface area contributed by atoms with Crippen LogP contribution >= 0.6 is 12.4 Å². The molecule has 3 N–H and O–H groups in total. The molecular formula is C19H21ClN4O. The number of nitrogen functional groups attached to an aromatic ring is 1. The fourth-order valence-corrected chi connectivity index (χ4v) is 3.19. The van der Waals surface area contributed by atoms with Crippen molar-refractivity contribution in [2.24, 2.45) is 0 Å². The lowest BCUT2D eigenvalue weighted by Crippen LogP contribution is -2.35. The number of hydrogen-bond acceptors (Lipinski definition) is 4. The maximum Gasteiger partial charge on any atom is 0.255 e. The van der Waals surface area contributed by atoms with Crippen molar-refractivity contribution in [2.75, 3.05) is 25.4 Å². The van der Waals surface area contributed by atoms with Gasteiger partial charge in [0.25, 0.3) is 5.91 Å². The average molecular weight is 357 g/mol. The second-order valence-corrected chi connectivity index (χ2v) is 5.80. The van der Waals surface area contributed by atoms with Gasteiger partial charge in [-0.3, -0.25) is 4.79 Å². The molecule has 25 heavy (non-hydrogen) atoms. The lowest BCUT2D eigenvalue weighted by molar-refractivity contribution is 0.0752. The van der Waals surface area contributed by atoms with Gasteiger partial charge in [0.15, 0.2) is 0 Å². The van der Waals surface area contributed by atoms with E-state index in [9.17, 15) is 10.1 Å². The summed E-state index contributed by atoms with van der Waals surface area (Å²) in [6.07, 6.45) is 0. The Labute approximate surface area is 153 Å². The molecule has 5 nitrogen and oxygen atoms in total. The number of carbonyl (C=O) groups excluding carboxylic acids is 1. The van der Waals surface area contributed by atoms with Crippen molar-refractivity contribution in [3.8, 4) is 6.07 Å². The largest absolute Gasteiger partial charge is 0.398 e. The number of carbonyl (C=O) groups is 1. The number of nitrogens with one attached hydrogen (secondary N) is 1. The third-order valence-electron chi connectivity index (χ3n) is 4.35. The lowest BCUT2D eigenvalue weighted by atomic mass is 9.95. The summed E-state index contributed by atoms with van der Waals surface area (Å²) in [7, 11) is 0. The smallest absolute Gasteiger partial charge is 0.255 e. The maximum absolute atomic E-state index is 12.8. The molecule has 1 aliphatic rings. The van der Waals surface area contributed by atoms with Crippen LogP contribution in [0.2, 0.25) is 0 Å². The van der Waals surface area contributed by atoms with Crippen molar-refractivity contribution < 1.29 is 4.79 Å². The minimum absolute atomic E-state index is 0. The van der Waals surface area contributed by atoms with Crippen LogP contribution in [0.3, 0.4) is 0 Å². The number of hydrogen-bond donors (Lipinski definition) is 2. The molecule has 0 saturated carbocycles. The zero-order chi connectivity index (χ0) is 17.1. The summed E-state index contributed by atoms with van der Waals surface area (Å²) in [5.74, 6) is 0.00950. The van der Waals surface area contributed by atoms with E-state index >= 15 is 0 Å². The standard InChI is InChI=1S/C19H20N4O.ClH/c1-2-22-9-10-23-18(14-5-3-4-6-15(14)19(23)24)16-11-13(12-20)7-8-17(16)21;/h3-8,11,18,22H,2,9-10,21H2,1H3;1H. The average Bonchev–Trinajstić information content (AvgIpc) is 2.88. The molecule has 0 aromatic heterocycles. The molecule has 0 fully saturated rings. The number of nitrogens with two attached hydrogens (primary N) is 1. The summed E-state index contributed by atoms with van der Waals surface area (Å²) in [6.45, 7) is 4.19. The van der Waals surface area contributed by atoms with Gasteiger partial charge in [-0.2, -0.15) is 5.26 Å². The van der Waals surface area contributed by atoms with Crippen LogP contribution in [0, 0.1) is 11.3 Å². The minimum Gasteiger partial charge on any atom is -0.398 e. The highest BCUT2D eigenvalue weighted by atomic mass is 35.5. The topological polar surface area (TPSA) is 82.2 Å². The number of fused-ring (bicyclic) bond motifs is 1. The van der Waals surface area contributed by atoms with E-state index in [1.165, 1.54) is 0 Å². The first-order valence-corrected chi connectivity index (χ1v) is 8.07. The van der Waals surface area contributed by atoms with Gasteiger partial charge in [-0.1, -0.05) is 25.1 Å². The van der Waals surface area contributed by atoms with Crippen LogP contribution in [0.25, 0.3) is 0 Å². The van der Waals surface area contributed by atoms with Gasteiger partial charge in [0.2, 0.25) is 0 Å². The number of amides is 1. The van der Waals surface area contributed by atoms with E-state index in [-0.39, 0.29) is 24.4 Å². The quantitative estimate of drug-likeness (QED) is 0.637. The van der Waals surface area contributed by atoms with E-state index < -0.39 is 0 Å². The van der Waals surface area contributed by atoms with Gasteiger partial charge in [0.05, 0.1) is 17.7 Å². The van der Waals surface area contributed by atoms with Crippen molar-refractivity contribution >= 4 is 24.0 Å². The van der Waals surface area contributed by atoms with Crippen molar-refractivity contribution in [2.45, 2.75) is 13.0 Å². The van der Waals surface area contributed by atoms with E-state index in [0.29, 0.717) is 29.9 Å². The summed E-state index contributed by atoms with van der Waals surface area (Å²) in [5, 5.41) is 12.5. The number of benzene rings is 2. The first-order chi connectivity index (χ1) is 11.7. The van der Waals surface area contributed by atoms with Gasteiger partial charge in [-0.15, -0.1) is 12.4 Å². The van der Waals surface area contributed by atoms with Gasteiger partial charge < -0.3 is 16.0 Å². The summed E-state index contributed by atoms with van der Waals surface area (Å²) in [4.78, 5) is 14.7. The number of nitrogens with zero attached hydrogens (tertiary/aromatic N) is 2. The Morgan fingerprint density at radius 2 is 2.00 bits per heavy atom. The molecule has 6 heteroatoms. The van der Waals surface area contributed by atoms with Crippen LogP contribution in [-0.4, -0.2) is 30.4 Å². The van der Waals surface area contributed by atoms with Crippen molar-refractivity contribution in [3.63, 3.8) is 0 Å². The zero-order valence-electron chi connectivity index (χ0n) is 14.0. The number of anilines is 1. The minimum atomic E-state index is -0.249. The Kier molecular flexibility index (Phi) is 6.02. The highest BCUT2D eigenvalue weighted by Crippen LogP contribution is 2.40. The summed E-state index contributed by atoms with van der Waals surface area (Å²) < 4.78 is 0. The molecule has 0 bridgehead atoms. The second kappa shape index (κ2) is 8.02. The van der Waals surface area contributed by atoms with Crippen molar-refractivity contribution in [1.29, 1.82) is 5.26 Å². The van der Waals surface area contributed by atoms with Crippen molar-refractivity contribution in [3.05, 3.63) is 64.7 Å². The van der Waals surface area contributed by atoms with Gasteiger partial charge in [0.1, 0.15) is 0 Å². The molecule has 0 aliphatic carbocycles. The predicted octanol–water partition coefficient (Wildman–Crippen LogP) is 2.72. The molecule has 1 aliphatic heterocycles. The van der Waals surface area contributed by atoms with Gasteiger partial charge in [-0.25, -0.2) is 0 Å². The Morgan fingerprint density at radius 3 is 2.72 bits per heavy atom. The molecule has 2 aromatic rings. The van der Waals surface area contributed by atoms with Crippen molar-refractivity contribution in [1.82, 2.24) is 10.2 Å². The van der Waals surface area contributed by atoms with E-state index in [2.05, 4.69) is 11.4 Å². The van der Waals surface area contributed by atoms with Crippen LogP contribution in [-0.2, 0) is 0 Å². The Bertz CT molecular complexity index is 815. The van der Waals surface area contributed by atoms with Crippen LogP contribution in [0.4, 0.5) is 5.69 Å². The monoisotopic (exact) mass is 356 g/mol. The SMILES string of the molecule is CCNCCN1C(=O)c2ccccc2C1c1cc(C#N)ccc1N.Cl. The summed E-state index contributed by atoms with van der Waals surface area (Å²) in [5.41, 5.74) is 9.78. The Hall–Kier alpha value is -2.55. The molecule has 130 valence electrons. The van der Waals surface area contributed by atoms with E-state index in [1.807, 2.05) is 36.1 Å². The lowest BCUT2D eigenvalue weighted by Gasteiger charge is -2.27. The van der Waals surface area contributed by atoms with Gasteiger partial charge in [0, 0.05) is 29.9 Å². The first-order valence-electron chi connectivity index (χ1n) is 8.07. The molecule has 0 spiro atoms. The third kappa shape index (κ3) is 3.46. The molecule has 0 saturated heterocycles. The summed E-state index contributed by atoms with van der Waals surface area (Å²) >= 11 is 0. The fraction of sp³-hybridized carbons (Fsp3) is 0.263. The van der Waals surface area contributed by atoms with E-state index in [4.69, 9.17) is 5.73 Å². The first kappa shape index (κ1) is 18.8. The number of nitriles is 1.